The maximum atomic E-state index is 11.8. The van der Waals surface area contributed by atoms with E-state index in [1.807, 2.05) is 11.1 Å². The van der Waals surface area contributed by atoms with Crippen molar-refractivity contribution >= 4 is 23.9 Å². The van der Waals surface area contributed by atoms with Crippen LogP contribution in [-0.4, -0.2) is 35.4 Å². The second kappa shape index (κ2) is 6.98. The fourth-order valence-electron chi connectivity index (χ4n) is 1.86. The molecule has 0 bridgehead atoms. The Morgan fingerprint density at radius 2 is 2.11 bits per heavy atom. The van der Waals surface area contributed by atoms with Crippen LogP contribution >= 0.6 is 11.8 Å². The van der Waals surface area contributed by atoms with Crippen molar-refractivity contribution in [3.05, 3.63) is 10.6 Å². The number of carbonyl (C=O) groups is 1. The van der Waals surface area contributed by atoms with Crippen molar-refractivity contribution < 1.29 is 4.79 Å². The predicted molar refractivity (Wildman–Crippen MR) is 80.0 cm³/mol. The molecule has 0 aromatic rings. The van der Waals surface area contributed by atoms with Gasteiger partial charge in [0, 0.05) is 18.8 Å². The van der Waals surface area contributed by atoms with Gasteiger partial charge < -0.3 is 4.90 Å². The summed E-state index contributed by atoms with van der Waals surface area (Å²) in [6, 6.07) is 0.247. The van der Waals surface area contributed by atoms with E-state index in [-0.39, 0.29) is 11.9 Å². The molecule has 3 nitrogen and oxygen atoms in total. The SMILES string of the molecule is C/C(CCN=CC(C)C)=C1\SCC(=O)N1C(C)C. The average Bonchev–Trinajstić information content (AvgIpc) is 2.66. The van der Waals surface area contributed by atoms with Crippen LogP contribution in [0, 0.1) is 5.92 Å². The van der Waals surface area contributed by atoms with E-state index in [4.69, 9.17) is 0 Å². The second-order valence-electron chi connectivity index (χ2n) is 5.28. The minimum atomic E-state index is 0.232. The normalized spacial score (nSPS) is 19.7. The van der Waals surface area contributed by atoms with Gasteiger partial charge in [-0.05, 0) is 38.7 Å². The van der Waals surface area contributed by atoms with E-state index in [0.29, 0.717) is 11.7 Å². The Kier molecular flexibility index (Phi) is 5.93. The highest BCUT2D eigenvalue weighted by Crippen LogP contribution is 2.34. The molecular weight excluding hydrogens is 244 g/mol. The lowest BCUT2D eigenvalue weighted by Gasteiger charge is -2.23. The van der Waals surface area contributed by atoms with Crippen molar-refractivity contribution in [2.75, 3.05) is 12.3 Å². The van der Waals surface area contributed by atoms with Gasteiger partial charge in [0.15, 0.2) is 0 Å². The summed E-state index contributed by atoms with van der Waals surface area (Å²) in [5, 5.41) is 1.15. The van der Waals surface area contributed by atoms with Crippen LogP contribution in [0.15, 0.2) is 15.6 Å². The van der Waals surface area contributed by atoms with Gasteiger partial charge >= 0.3 is 0 Å². The highest BCUT2D eigenvalue weighted by Gasteiger charge is 2.29. The smallest absolute Gasteiger partial charge is 0.238 e. The molecule has 1 aliphatic heterocycles. The molecule has 102 valence electrons. The highest BCUT2D eigenvalue weighted by molar-refractivity contribution is 8.04. The Morgan fingerprint density at radius 3 is 2.67 bits per heavy atom. The first kappa shape index (κ1) is 15.3. The fraction of sp³-hybridized carbons (Fsp3) is 0.714. The second-order valence-corrected chi connectivity index (χ2v) is 6.24. The monoisotopic (exact) mass is 268 g/mol. The van der Waals surface area contributed by atoms with Gasteiger partial charge in [-0.2, -0.15) is 0 Å². The lowest BCUT2D eigenvalue weighted by atomic mass is 10.2. The van der Waals surface area contributed by atoms with E-state index in [9.17, 15) is 4.79 Å². The Balaban J connectivity index is 2.64. The summed E-state index contributed by atoms with van der Waals surface area (Å²) in [5.41, 5.74) is 1.28. The van der Waals surface area contributed by atoms with Crippen LogP contribution in [0.25, 0.3) is 0 Å². The molecule has 4 heteroatoms. The number of nitrogens with zero attached hydrogens (tertiary/aromatic N) is 2. The molecule has 0 radical (unpaired) electrons. The third kappa shape index (κ3) is 4.16. The van der Waals surface area contributed by atoms with Crippen LogP contribution < -0.4 is 0 Å². The largest absolute Gasteiger partial charge is 0.304 e. The van der Waals surface area contributed by atoms with E-state index in [2.05, 4.69) is 39.6 Å². The molecule has 0 saturated carbocycles. The van der Waals surface area contributed by atoms with Gasteiger partial charge in [-0.25, -0.2) is 0 Å². The summed E-state index contributed by atoms with van der Waals surface area (Å²) in [5.74, 6) is 1.32. The van der Waals surface area contributed by atoms with Crippen molar-refractivity contribution in [2.45, 2.75) is 47.1 Å². The van der Waals surface area contributed by atoms with E-state index in [0.717, 1.165) is 18.0 Å². The maximum Gasteiger partial charge on any atom is 0.238 e. The van der Waals surface area contributed by atoms with Crippen LogP contribution in [0.1, 0.15) is 41.0 Å². The predicted octanol–water partition coefficient (Wildman–Crippen LogP) is 3.32. The molecule has 0 atom stereocenters. The zero-order chi connectivity index (χ0) is 13.7. The van der Waals surface area contributed by atoms with E-state index < -0.39 is 0 Å². The Labute approximate surface area is 115 Å². The molecule has 0 aromatic carbocycles. The number of carbonyl (C=O) groups excluding carboxylic acids is 1. The van der Waals surface area contributed by atoms with Gasteiger partial charge in [0.2, 0.25) is 5.91 Å². The Hall–Kier alpha value is -0.770. The van der Waals surface area contributed by atoms with Crippen LogP contribution in [0.4, 0.5) is 0 Å². The number of amides is 1. The first-order chi connectivity index (χ1) is 8.43. The quantitative estimate of drug-likeness (QED) is 0.717. The molecule has 1 saturated heterocycles. The van der Waals surface area contributed by atoms with Crippen molar-refractivity contribution in [1.82, 2.24) is 4.90 Å². The molecule has 0 unspecified atom stereocenters. The first-order valence-corrected chi connectivity index (χ1v) is 7.56. The molecule has 1 amide bonds. The molecule has 1 fully saturated rings. The van der Waals surface area contributed by atoms with Crippen molar-refractivity contribution in [1.29, 1.82) is 0 Å². The minimum Gasteiger partial charge on any atom is -0.304 e. The molecule has 0 spiro atoms. The molecule has 1 rings (SSSR count). The topological polar surface area (TPSA) is 32.7 Å². The standard InChI is InChI=1S/C14H24N2OS/c1-10(2)8-15-7-6-12(5)14-16(11(3)4)13(17)9-18-14/h8,10-11H,6-7,9H2,1-5H3/b14-12+,15-8?. The number of hydrogen-bond acceptors (Lipinski definition) is 3. The number of thioether (sulfide) groups is 1. The van der Waals surface area contributed by atoms with Crippen LogP contribution in [-0.2, 0) is 4.79 Å². The van der Waals surface area contributed by atoms with Crippen molar-refractivity contribution in [2.24, 2.45) is 10.9 Å². The van der Waals surface area contributed by atoms with Gasteiger partial charge in [0.1, 0.15) is 0 Å². The molecular formula is C14H24N2OS. The summed E-state index contributed by atoms with van der Waals surface area (Å²) in [6.07, 6.45) is 2.92. The fourth-order valence-corrected chi connectivity index (χ4v) is 3.06. The van der Waals surface area contributed by atoms with Gasteiger partial charge in [0.05, 0.1) is 10.8 Å². The molecule has 0 aliphatic carbocycles. The van der Waals surface area contributed by atoms with E-state index in [1.54, 1.807) is 11.8 Å². The van der Waals surface area contributed by atoms with E-state index in [1.165, 1.54) is 5.57 Å². The summed E-state index contributed by atoms with van der Waals surface area (Å²) in [4.78, 5) is 18.1. The van der Waals surface area contributed by atoms with Crippen LogP contribution in [0.5, 0.6) is 0 Å². The number of rotatable bonds is 5. The zero-order valence-electron chi connectivity index (χ0n) is 12.1. The number of hydrogen-bond donors (Lipinski definition) is 0. The Morgan fingerprint density at radius 1 is 1.44 bits per heavy atom. The van der Waals surface area contributed by atoms with Crippen molar-refractivity contribution in [3.8, 4) is 0 Å². The first-order valence-electron chi connectivity index (χ1n) is 6.58. The van der Waals surface area contributed by atoms with Gasteiger partial charge in [-0.1, -0.05) is 25.6 Å². The summed E-state index contributed by atoms with van der Waals surface area (Å²) >= 11 is 1.66. The molecule has 1 heterocycles. The molecule has 0 aromatic heterocycles. The summed E-state index contributed by atoms with van der Waals surface area (Å²) in [6.45, 7) is 11.3. The minimum absolute atomic E-state index is 0.232. The van der Waals surface area contributed by atoms with Crippen LogP contribution in [0.2, 0.25) is 0 Å². The van der Waals surface area contributed by atoms with Crippen LogP contribution in [0.3, 0.4) is 0 Å². The third-order valence-electron chi connectivity index (χ3n) is 2.72. The molecule has 0 N–H and O–H groups in total. The lowest BCUT2D eigenvalue weighted by molar-refractivity contribution is -0.126. The van der Waals surface area contributed by atoms with E-state index >= 15 is 0 Å². The van der Waals surface area contributed by atoms with Gasteiger partial charge in [0.25, 0.3) is 0 Å². The summed E-state index contributed by atoms with van der Waals surface area (Å²) < 4.78 is 0. The third-order valence-corrected chi connectivity index (χ3v) is 3.93. The van der Waals surface area contributed by atoms with Gasteiger partial charge in [-0.3, -0.25) is 9.79 Å². The van der Waals surface area contributed by atoms with Crippen molar-refractivity contribution in [3.63, 3.8) is 0 Å². The summed E-state index contributed by atoms with van der Waals surface area (Å²) in [7, 11) is 0. The zero-order valence-corrected chi connectivity index (χ0v) is 12.9. The number of aliphatic imine (C=N–C) groups is 1. The molecule has 1 aliphatic rings. The maximum absolute atomic E-state index is 11.8. The van der Waals surface area contributed by atoms with Gasteiger partial charge in [-0.15, -0.1) is 0 Å². The average molecular weight is 268 g/mol. The lowest BCUT2D eigenvalue weighted by Crippen LogP contribution is -2.31. The molecule has 18 heavy (non-hydrogen) atoms. The highest BCUT2D eigenvalue weighted by atomic mass is 32.2. The Bertz CT molecular complexity index is 359.